The molecule has 0 aromatic heterocycles. The van der Waals surface area contributed by atoms with Crippen molar-refractivity contribution >= 4 is 6.29 Å². The number of ether oxygens (including phenoxy) is 1. The summed E-state index contributed by atoms with van der Waals surface area (Å²) < 4.78 is 5.66. The maximum atomic E-state index is 10.7. The first-order valence-corrected chi connectivity index (χ1v) is 5.23. The summed E-state index contributed by atoms with van der Waals surface area (Å²) in [7, 11) is 0. The Hall–Kier alpha value is -1.31. The Balaban J connectivity index is 2.90. The van der Waals surface area contributed by atoms with Crippen LogP contribution in [-0.4, -0.2) is 12.9 Å². The molecule has 15 heavy (non-hydrogen) atoms. The molecule has 0 unspecified atom stereocenters. The van der Waals surface area contributed by atoms with Crippen molar-refractivity contribution in [1.82, 2.24) is 0 Å². The van der Waals surface area contributed by atoms with Gasteiger partial charge in [0.15, 0.2) is 0 Å². The van der Waals surface area contributed by atoms with E-state index in [2.05, 4.69) is 13.8 Å². The lowest BCUT2D eigenvalue weighted by Gasteiger charge is -2.12. The first-order chi connectivity index (χ1) is 7.04. The van der Waals surface area contributed by atoms with E-state index in [0.717, 1.165) is 28.7 Å². The molecule has 1 aromatic rings. The Morgan fingerprint density at radius 1 is 1.27 bits per heavy atom. The highest BCUT2D eigenvalue weighted by molar-refractivity contribution is 5.78. The van der Waals surface area contributed by atoms with Gasteiger partial charge in [0.25, 0.3) is 0 Å². The normalized spacial score (nSPS) is 10.5. The van der Waals surface area contributed by atoms with E-state index in [-0.39, 0.29) is 0 Å². The molecule has 0 amide bonds. The van der Waals surface area contributed by atoms with Gasteiger partial charge in [-0.05, 0) is 43.0 Å². The fraction of sp³-hybridized carbons (Fsp3) is 0.462. The van der Waals surface area contributed by atoms with Crippen molar-refractivity contribution in [2.24, 2.45) is 5.92 Å². The van der Waals surface area contributed by atoms with Crippen molar-refractivity contribution < 1.29 is 9.53 Å². The molecular formula is C13H18O2. The van der Waals surface area contributed by atoms with Crippen LogP contribution in [0.1, 0.15) is 35.3 Å². The predicted molar refractivity (Wildman–Crippen MR) is 61.6 cm³/mol. The molecule has 0 saturated carbocycles. The number of carbonyl (C=O) groups is 1. The van der Waals surface area contributed by atoms with Crippen LogP contribution in [0.2, 0.25) is 0 Å². The van der Waals surface area contributed by atoms with Crippen LogP contribution in [0.15, 0.2) is 12.1 Å². The molecule has 1 aromatic carbocycles. The molecular weight excluding hydrogens is 188 g/mol. The molecule has 0 aliphatic rings. The molecule has 0 saturated heterocycles. The zero-order chi connectivity index (χ0) is 11.4. The lowest BCUT2D eigenvalue weighted by atomic mass is 10.1. The molecule has 2 heteroatoms. The highest BCUT2D eigenvalue weighted by atomic mass is 16.5. The molecule has 0 radical (unpaired) electrons. The topological polar surface area (TPSA) is 26.3 Å². The first-order valence-electron chi connectivity index (χ1n) is 5.23. The molecule has 0 heterocycles. The van der Waals surface area contributed by atoms with Gasteiger partial charge in [-0.3, -0.25) is 4.79 Å². The van der Waals surface area contributed by atoms with E-state index in [0.29, 0.717) is 12.5 Å². The van der Waals surface area contributed by atoms with Gasteiger partial charge >= 0.3 is 0 Å². The first kappa shape index (κ1) is 11.8. The van der Waals surface area contributed by atoms with Crippen molar-refractivity contribution in [1.29, 1.82) is 0 Å². The zero-order valence-electron chi connectivity index (χ0n) is 9.83. The minimum atomic E-state index is 0.510. The maximum Gasteiger partial charge on any atom is 0.150 e. The molecule has 0 aliphatic carbocycles. The number of aryl methyl sites for hydroxylation is 2. The van der Waals surface area contributed by atoms with Gasteiger partial charge in [0.2, 0.25) is 0 Å². The average Bonchev–Trinajstić information content (AvgIpc) is 2.18. The second-order valence-electron chi connectivity index (χ2n) is 4.30. The lowest BCUT2D eigenvalue weighted by molar-refractivity contribution is 0.112. The monoisotopic (exact) mass is 206 g/mol. The number of benzene rings is 1. The Bertz CT molecular complexity index is 354. The van der Waals surface area contributed by atoms with Crippen molar-refractivity contribution in [2.75, 3.05) is 6.61 Å². The Morgan fingerprint density at radius 3 is 2.47 bits per heavy atom. The molecule has 0 bridgehead atoms. The maximum absolute atomic E-state index is 10.7. The third-order valence-electron chi connectivity index (χ3n) is 2.26. The van der Waals surface area contributed by atoms with E-state index in [4.69, 9.17) is 4.74 Å². The van der Waals surface area contributed by atoms with Crippen molar-refractivity contribution in [2.45, 2.75) is 27.7 Å². The summed E-state index contributed by atoms with van der Waals surface area (Å²) >= 11 is 0. The van der Waals surface area contributed by atoms with Gasteiger partial charge in [-0.2, -0.15) is 0 Å². The second kappa shape index (κ2) is 4.96. The molecule has 0 atom stereocenters. The number of rotatable bonds is 4. The highest BCUT2D eigenvalue weighted by Crippen LogP contribution is 2.22. The fourth-order valence-corrected chi connectivity index (χ4v) is 1.35. The number of hydrogen-bond donors (Lipinski definition) is 0. The summed E-state index contributed by atoms with van der Waals surface area (Å²) in [6.07, 6.45) is 0.883. The van der Waals surface area contributed by atoms with Crippen LogP contribution in [0.25, 0.3) is 0 Å². The van der Waals surface area contributed by atoms with Crippen molar-refractivity contribution in [3.63, 3.8) is 0 Å². The highest BCUT2D eigenvalue weighted by Gasteiger charge is 2.05. The Morgan fingerprint density at radius 2 is 1.93 bits per heavy atom. The van der Waals surface area contributed by atoms with Gasteiger partial charge in [0.1, 0.15) is 12.0 Å². The summed E-state index contributed by atoms with van der Waals surface area (Å²) in [6.45, 7) is 8.82. The van der Waals surface area contributed by atoms with E-state index in [1.807, 2.05) is 26.0 Å². The van der Waals surface area contributed by atoms with Gasteiger partial charge in [-0.15, -0.1) is 0 Å². The summed E-state index contributed by atoms with van der Waals surface area (Å²) in [5.41, 5.74) is 2.72. The van der Waals surface area contributed by atoms with Gasteiger partial charge in [0, 0.05) is 5.56 Å². The third-order valence-corrected chi connectivity index (χ3v) is 2.26. The smallest absolute Gasteiger partial charge is 0.150 e. The Kier molecular flexibility index (Phi) is 3.89. The van der Waals surface area contributed by atoms with Crippen LogP contribution in [0.5, 0.6) is 5.75 Å². The molecule has 0 aliphatic heterocycles. The SMILES string of the molecule is Cc1cc(OCC(C)C)c(C)cc1C=O. The fourth-order valence-electron chi connectivity index (χ4n) is 1.35. The molecule has 0 spiro atoms. The van der Waals surface area contributed by atoms with Crippen molar-refractivity contribution in [3.8, 4) is 5.75 Å². The predicted octanol–water partition coefficient (Wildman–Crippen LogP) is 3.15. The van der Waals surface area contributed by atoms with Gasteiger partial charge in [-0.25, -0.2) is 0 Å². The standard InChI is InChI=1S/C13H18O2/c1-9(2)8-15-13-6-10(3)12(7-14)5-11(13)4/h5-7,9H,8H2,1-4H3. The largest absolute Gasteiger partial charge is 0.493 e. The minimum Gasteiger partial charge on any atom is -0.493 e. The van der Waals surface area contributed by atoms with E-state index < -0.39 is 0 Å². The average molecular weight is 206 g/mol. The third kappa shape index (κ3) is 3.08. The molecule has 2 nitrogen and oxygen atoms in total. The van der Waals surface area contributed by atoms with E-state index in [1.165, 1.54) is 0 Å². The molecule has 0 N–H and O–H groups in total. The minimum absolute atomic E-state index is 0.510. The number of hydrogen-bond acceptors (Lipinski definition) is 2. The van der Waals surface area contributed by atoms with Crippen LogP contribution in [0, 0.1) is 19.8 Å². The van der Waals surface area contributed by atoms with Crippen LogP contribution in [-0.2, 0) is 0 Å². The second-order valence-corrected chi connectivity index (χ2v) is 4.30. The van der Waals surface area contributed by atoms with Gasteiger partial charge in [-0.1, -0.05) is 13.8 Å². The Labute approximate surface area is 91.3 Å². The number of aldehydes is 1. The van der Waals surface area contributed by atoms with E-state index in [1.54, 1.807) is 0 Å². The summed E-state index contributed by atoms with van der Waals surface area (Å²) in [5.74, 6) is 1.39. The van der Waals surface area contributed by atoms with E-state index >= 15 is 0 Å². The molecule has 82 valence electrons. The number of carbonyl (C=O) groups excluding carboxylic acids is 1. The summed E-state index contributed by atoms with van der Waals surface area (Å²) in [5, 5.41) is 0. The van der Waals surface area contributed by atoms with Gasteiger partial charge in [0.05, 0.1) is 6.61 Å². The van der Waals surface area contributed by atoms with Crippen molar-refractivity contribution in [3.05, 3.63) is 28.8 Å². The van der Waals surface area contributed by atoms with Crippen LogP contribution in [0.3, 0.4) is 0 Å². The lowest BCUT2D eigenvalue weighted by Crippen LogP contribution is -2.06. The molecule has 0 fully saturated rings. The summed E-state index contributed by atoms with van der Waals surface area (Å²) in [4.78, 5) is 10.7. The molecule has 1 rings (SSSR count). The zero-order valence-corrected chi connectivity index (χ0v) is 9.83. The van der Waals surface area contributed by atoms with Gasteiger partial charge < -0.3 is 4.74 Å². The quantitative estimate of drug-likeness (QED) is 0.707. The van der Waals surface area contributed by atoms with Crippen LogP contribution in [0.4, 0.5) is 0 Å². The summed E-state index contributed by atoms with van der Waals surface area (Å²) in [6, 6.07) is 3.80. The van der Waals surface area contributed by atoms with Crippen LogP contribution >= 0.6 is 0 Å². The van der Waals surface area contributed by atoms with E-state index in [9.17, 15) is 4.79 Å². The van der Waals surface area contributed by atoms with Crippen LogP contribution < -0.4 is 4.74 Å².